The molecule has 1 aliphatic heterocycles. The molecule has 0 saturated carbocycles. The first-order valence-corrected chi connectivity index (χ1v) is 10.7. The fraction of sp³-hybridized carbons (Fsp3) is 0.391. The first-order chi connectivity index (χ1) is 15.6. The van der Waals surface area contributed by atoms with Crippen LogP contribution in [0.4, 0.5) is 24.5 Å². The zero-order valence-corrected chi connectivity index (χ0v) is 18.8. The Labute approximate surface area is 189 Å². The van der Waals surface area contributed by atoms with Crippen LogP contribution in [0.25, 0.3) is 0 Å². The number of alkyl halides is 3. The molecule has 1 amide bonds. The summed E-state index contributed by atoms with van der Waals surface area (Å²) in [5.41, 5.74) is 3.33. The normalized spacial score (nSPS) is 17.0. The number of aromatic nitrogens is 4. The van der Waals surface area contributed by atoms with Crippen molar-refractivity contribution in [1.29, 1.82) is 0 Å². The summed E-state index contributed by atoms with van der Waals surface area (Å²) in [5.74, 6) is -0.0690. The lowest BCUT2D eigenvalue weighted by Gasteiger charge is -2.34. The Bertz CT molecular complexity index is 1190. The minimum Gasteiger partial charge on any atom is -0.361 e. The molecule has 33 heavy (non-hydrogen) atoms. The second-order valence-corrected chi connectivity index (χ2v) is 8.32. The molecule has 0 radical (unpaired) electrons. The zero-order valence-electron chi connectivity index (χ0n) is 18.8. The second kappa shape index (κ2) is 8.49. The highest BCUT2D eigenvalue weighted by molar-refractivity contribution is 6.03. The maximum absolute atomic E-state index is 13.4. The Morgan fingerprint density at radius 2 is 1.88 bits per heavy atom. The first kappa shape index (κ1) is 22.8. The Hall–Kier alpha value is -3.43. The van der Waals surface area contributed by atoms with Gasteiger partial charge < -0.3 is 10.2 Å². The van der Waals surface area contributed by atoms with E-state index in [2.05, 4.69) is 20.6 Å². The third-order valence-electron chi connectivity index (χ3n) is 6.13. The van der Waals surface area contributed by atoms with E-state index in [1.54, 1.807) is 19.2 Å². The Kier molecular flexibility index (Phi) is 5.85. The molecule has 1 unspecified atom stereocenters. The summed E-state index contributed by atoms with van der Waals surface area (Å²) in [6, 6.07) is 6.55. The van der Waals surface area contributed by atoms with Crippen LogP contribution in [0.15, 0.2) is 36.5 Å². The molecule has 10 heteroatoms. The quantitative estimate of drug-likeness (QED) is 0.621. The van der Waals surface area contributed by atoms with E-state index in [1.807, 2.05) is 31.9 Å². The van der Waals surface area contributed by atoms with Crippen molar-refractivity contribution in [3.05, 3.63) is 64.7 Å². The van der Waals surface area contributed by atoms with E-state index in [9.17, 15) is 18.0 Å². The molecule has 0 fully saturated rings. The molecule has 7 nitrogen and oxygen atoms in total. The van der Waals surface area contributed by atoms with E-state index >= 15 is 0 Å². The van der Waals surface area contributed by atoms with Gasteiger partial charge in [-0.15, -0.1) is 5.10 Å². The molecular weight excluding hydrogens is 433 g/mol. The van der Waals surface area contributed by atoms with Gasteiger partial charge in [-0.25, -0.2) is 4.68 Å². The van der Waals surface area contributed by atoms with Crippen molar-refractivity contribution in [2.75, 3.05) is 17.3 Å². The highest BCUT2D eigenvalue weighted by Crippen LogP contribution is 2.36. The third kappa shape index (κ3) is 4.42. The van der Waals surface area contributed by atoms with Crippen LogP contribution in [0.5, 0.6) is 0 Å². The number of pyridine rings is 1. The van der Waals surface area contributed by atoms with E-state index < -0.39 is 17.8 Å². The van der Waals surface area contributed by atoms with Gasteiger partial charge in [-0.2, -0.15) is 13.2 Å². The van der Waals surface area contributed by atoms with Gasteiger partial charge in [-0.3, -0.25) is 9.78 Å². The van der Waals surface area contributed by atoms with E-state index in [0.29, 0.717) is 24.2 Å². The number of rotatable bonds is 5. The number of carbonyl (C=O) groups excluding carboxylic acids is 1. The van der Waals surface area contributed by atoms with Gasteiger partial charge in [-0.1, -0.05) is 23.4 Å². The highest BCUT2D eigenvalue weighted by atomic mass is 19.4. The number of benzene rings is 1. The van der Waals surface area contributed by atoms with Crippen molar-refractivity contribution >= 4 is 17.3 Å². The molecule has 0 spiro atoms. The molecule has 0 saturated heterocycles. The number of anilines is 2. The number of fused-ring (bicyclic) bond motifs is 1. The van der Waals surface area contributed by atoms with Crippen LogP contribution in [-0.2, 0) is 23.8 Å². The largest absolute Gasteiger partial charge is 0.416 e. The average molecular weight is 458 g/mol. The van der Waals surface area contributed by atoms with Crippen LogP contribution in [0.1, 0.15) is 48.1 Å². The lowest BCUT2D eigenvalue weighted by Crippen LogP contribution is -2.44. The van der Waals surface area contributed by atoms with Gasteiger partial charge in [-0.05, 0) is 51.3 Å². The van der Waals surface area contributed by atoms with Gasteiger partial charge in [0.1, 0.15) is 6.04 Å². The van der Waals surface area contributed by atoms with Gasteiger partial charge in [0.05, 0.1) is 34.4 Å². The van der Waals surface area contributed by atoms with Crippen LogP contribution in [-0.4, -0.2) is 39.0 Å². The van der Waals surface area contributed by atoms with Gasteiger partial charge in [0.25, 0.3) is 0 Å². The predicted molar refractivity (Wildman–Crippen MR) is 118 cm³/mol. The third-order valence-corrected chi connectivity index (χ3v) is 6.13. The van der Waals surface area contributed by atoms with E-state index in [4.69, 9.17) is 0 Å². The van der Waals surface area contributed by atoms with E-state index in [0.717, 1.165) is 23.1 Å². The summed E-state index contributed by atoms with van der Waals surface area (Å²) in [6.07, 6.45) is -1.65. The minimum absolute atomic E-state index is 0.0690. The summed E-state index contributed by atoms with van der Waals surface area (Å²) < 4.78 is 41.6. The van der Waals surface area contributed by atoms with Crippen molar-refractivity contribution in [2.24, 2.45) is 0 Å². The van der Waals surface area contributed by atoms with Crippen molar-refractivity contribution in [3.8, 4) is 0 Å². The number of amides is 1. The van der Waals surface area contributed by atoms with E-state index in [1.165, 1.54) is 16.8 Å². The summed E-state index contributed by atoms with van der Waals surface area (Å²) >= 11 is 0. The van der Waals surface area contributed by atoms with Crippen LogP contribution in [0.3, 0.4) is 0 Å². The van der Waals surface area contributed by atoms with Gasteiger partial charge in [0.2, 0.25) is 5.91 Å². The first-order valence-electron chi connectivity index (χ1n) is 10.7. The van der Waals surface area contributed by atoms with Gasteiger partial charge in [0.15, 0.2) is 0 Å². The number of halogens is 3. The van der Waals surface area contributed by atoms with Gasteiger partial charge in [0, 0.05) is 18.9 Å². The number of nitrogens with one attached hydrogen (secondary N) is 1. The SMILES string of the molecule is Cc1nc(CCc2cn(C(C)c3ccccc3C(F)(F)F)nn2)cc2c1NC(=O)[C@H](C)N2C. The molecule has 3 heterocycles. The van der Waals surface area contributed by atoms with Crippen molar-refractivity contribution < 1.29 is 18.0 Å². The molecule has 2 atom stereocenters. The molecule has 1 N–H and O–H groups in total. The van der Waals surface area contributed by atoms with Gasteiger partial charge >= 0.3 is 6.18 Å². The summed E-state index contributed by atoms with van der Waals surface area (Å²) in [7, 11) is 1.87. The van der Waals surface area contributed by atoms with E-state index in [-0.39, 0.29) is 17.5 Å². The molecule has 0 aliphatic carbocycles. The average Bonchev–Trinajstić information content (AvgIpc) is 3.25. The molecule has 174 valence electrons. The number of likely N-dealkylation sites (N-methyl/N-ethyl adjacent to an activating group) is 1. The lowest BCUT2D eigenvalue weighted by atomic mass is 10.0. The highest BCUT2D eigenvalue weighted by Gasteiger charge is 2.34. The number of carbonyl (C=O) groups is 1. The summed E-state index contributed by atoms with van der Waals surface area (Å²) in [6.45, 7) is 5.36. The topological polar surface area (TPSA) is 75.9 Å². The van der Waals surface area contributed by atoms with Crippen LogP contribution >= 0.6 is 0 Å². The smallest absolute Gasteiger partial charge is 0.361 e. The molecule has 0 bridgehead atoms. The fourth-order valence-electron chi connectivity index (χ4n) is 4.03. The lowest BCUT2D eigenvalue weighted by molar-refractivity contribution is -0.138. The molecule has 1 aliphatic rings. The van der Waals surface area contributed by atoms with Crippen molar-refractivity contribution in [3.63, 3.8) is 0 Å². The number of hydrogen-bond acceptors (Lipinski definition) is 5. The summed E-state index contributed by atoms with van der Waals surface area (Å²) in [4.78, 5) is 18.6. The number of nitrogens with zero attached hydrogens (tertiary/aromatic N) is 5. The molecular formula is C23H25F3N6O. The predicted octanol–water partition coefficient (Wildman–Crippen LogP) is 4.17. The number of aryl methyl sites for hydroxylation is 3. The molecule has 2 aromatic heterocycles. The standard InChI is InChI=1S/C23H25F3N6O/c1-13-21-20(31(4)15(3)22(33)28-21)11-16(27-13)9-10-17-12-32(30-29-17)14(2)18-7-5-6-8-19(18)23(24,25)26/h5-8,11-12,14-15H,9-10H2,1-4H3,(H,28,33)/t14?,15-/m0/s1. The van der Waals surface area contributed by atoms with Crippen LogP contribution < -0.4 is 10.2 Å². The van der Waals surface area contributed by atoms with Crippen molar-refractivity contribution in [1.82, 2.24) is 20.0 Å². The monoisotopic (exact) mass is 458 g/mol. The Balaban J connectivity index is 1.51. The van der Waals surface area contributed by atoms with Crippen molar-refractivity contribution in [2.45, 2.75) is 51.9 Å². The maximum Gasteiger partial charge on any atom is 0.416 e. The Morgan fingerprint density at radius 1 is 1.18 bits per heavy atom. The van der Waals surface area contributed by atoms with Crippen LogP contribution in [0.2, 0.25) is 0 Å². The fourth-order valence-corrected chi connectivity index (χ4v) is 4.03. The number of hydrogen-bond donors (Lipinski definition) is 1. The zero-order chi connectivity index (χ0) is 23.9. The summed E-state index contributed by atoms with van der Waals surface area (Å²) in [5, 5.41) is 11.1. The second-order valence-electron chi connectivity index (χ2n) is 8.32. The van der Waals surface area contributed by atoms with Crippen LogP contribution in [0, 0.1) is 6.92 Å². The maximum atomic E-state index is 13.4. The molecule has 3 aromatic rings. The molecule has 1 aromatic carbocycles. The Morgan fingerprint density at radius 3 is 2.61 bits per heavy atom. The molecule has 4 rings (SSSR count). The minimum atomic E-state index is -4.44.